The van der Waals surface area contributed by atoms with E-state index in [9.17, 15) is 24.2 Å². The van der Waals surface area contributed by atoms with Crippen LogP contribution < -0.4 is 5.32 Å². The van der Waals surface area contributed by atoms with Crippen LogP contribution in [0.15, 0.2) is 18.2 Å². The Hall–Kier alpha value is -1.99. The van der Waals surface area contributed by atoms with Gasteiger partial charge in [-0.05, 0) is 17.7 Å². The third kappa shape index (κ3) is 4.01. The van der Waals surface area contributed by atoms with Crippen LogP contribution in [-0.2, 0) is 9.53 Å². The summed E-state index contributed by atoms with van der Waals surface area (Å²) in [6, 6.07) is 3.40. The number of amides is 1. The van der Waals surface area contributed by atoms with Crippen LogP contribution in [0.5, 0.6) is 0 Å². The van der Waals surface area contributed by atoms with E-state index < -0.39 is 24.0 Å². The van der Waals surface area contributed by atoms with Crippen molar-refractivity contribution >= 4 is 11.9 Å². The highest BCUT2D eigenvalue weighted by molar-refractivity contribution is 5.89. The molecule has 0 aromatic heterocycles. The average molecular weight is 285 g/mol. The van der Waals surface area contributed by atoms with Gasteiger partial charge in [0.05, 0.1) is 12.7 Å². The van der Waals surface area contributed by atoms with E-state index in [0.29, 0.717) is 0 Å². The van der Waals surface area contributed by atoms with E-state index in [1.165, 1.54) is 13.0 Å². The van der Waals surface area contributed by atoms with Gasteiger partial charge < -0.3 is 20.3 Å². The van der Waals surface area contributed by atoms with Crippen LogP contribution in [0.2, 0.25) is 0 Å². The molecule has 0 spiro atoms. The number of ether oxygens (including phenoxy) is 1. The van der Waals surface area contributed by atoms with Gasteiger partial charge in [-0.15, -0.1) is 0 Å². The van der Waals surface area contributed by atoms with E-state index >= 15 is 0 Å². The minimum Gasteiger partial charge on any atom is -0.465 e. The number of nitrogens with one attached hydrogen (secondary N) is 1. The van der Waals surface area contributed by atoms with Crippen LogP contribution in [0.25, 0.3) is 0 Å². The smallest absolute Gasteiger partial charge is 0.340 e. The highest BCUT2D eigenvalue weighted by Gasteiger charge is 2.21. The zero-order chi connectivity index (χ0) is 15.3. The molecule has 20 heavy (non-hydrogen) atoms. The SMILES string of the molecule is COC(=O)c1ccc(C(O)C(O)CNC(C)=O)cc1F. The molecule has 6 nitrogen and oxygen atoms in total. The molecule has 1 aromatic rings. The van der Waals surface area contributed by atoms with E-state index in [1.54, 1.807) is 0 Å². The van der Waals surface area contributed by atoms with Crippen LogP contribution in [-0.4, -0.2) is 41.8 Å². The van der Waals surface area contributed by atoms with Gasteiger partial charge in [0.1, 0.15) is 18.0 Å². The van der Waals surface area contributed by atoms with Gasteiger partial charge in [0, 0.05) is 13.5 Å². The Morgan fingerprint density at radius 3 is 2.55 bits per heavy atom. The fourth-order valence-corrected chi connectivity index (χ4v) is 1.57. The summed E-state index contributed by atoms with van der Waals surface area (Å²) in [4.78, 5) is 21.9. The lowest BCUT2D eigenvalue weighted by Crippen LogP contribution is -2.34. The van der Waals surface area contributed by atoms with Gasteiger partial charge >= 0.3 is 5.97 Å². The Kier molecular flexibility index (Phi) is 5.60. The summed E-state index contributed by atoms with van der Waals surface area (Å²) in [7, 11) is 1.13. The van der Waals surface area contributed by atoms with E-state index in [-0.39, 0.29) is 23.6 Å². The first-order valence-corrected chi connectivity index (χ1v) is 5.85. The normalized spacial score (nSPS) is 13.4. The third-order valence-corrected chi connectivity index (χ3v) is 2.66. The number of rotatable bonds is 5. The molecule has 1 rings (SSSR count). The number of aliphatic hydroxyl groups is 2. The molecule has 2 unspecified atom stereocenters. The van der Waals surface area contributed by atoms with Crippen LogP contribution in [0.1, 0.15) is 28.9 Å². The van der Waals surface area contributed by atoms with Crippen molar-refractivity contribution < 1.29 is 28.9 Å². The number of hydrogen-bond donors (Lipinski definition) is 3. The van der Waals surface area contributed by atoms with Crippen molar-refractivity contribution in [2.75, 3.05) is 13.7 Å². The summed E-state index contributed by atoms with van der Waals surface area (Å²) in [6.45, 7) is 1.10. The van der Waals surface area contributed by atoms with Crippen molar-refractivity contribution in [1.82, 2.24) is 5.32 Å². The summed E-state index contributed by atoms with van der Waals surface area (Å²) in [5.41, 5.74) is -0.173. The number of aliphatic hydroxyl groups excluding tert-OH is 2. The molecule has 0 saturated heterocycles. The molecule has 0 aliphatic rings. The highest BCUT2D eigenvalue weighted by Crippen LogP contribution is 2.20. The standard InChI is InChI=1S/C13H16FNO5/c1-7(16)15-6-11(17)12(18)8-3-4-9(10(14)5-8)13(19)20-2/h3-5,11-12,17-18H,6H2,1-2H3,(H,15,16). The summed E-state index contributed by atoms with van der Waals surface area (Å²) < 4.78 is 18.1. The zero-order valence-corrected chi connectivity index (χ0v) is 11.1. The van der Waals surface area contributed by atoms with Crippen molar-refractivity contribution in [1.29, 1.82) is 0 Å². The molecule has 0 fully saturated rings. The van der Waals surface area contributed by atoms with Gasteiger partial charge in [0.15, 0.2) is 0 Å². The van der Waals surface area contributed by atoms with Gasteiger partial charge in [-0.25, -0.2) is 9.18 Å². The predicted octanol–water partition coefficient (Wildman–Crippen LogP) is 0.143. The lowest BCUT2D eigenvalue weighted by Gasteiger charge is -2.18. The number of carbonyl (C=O) groups is 2. The number of benzene rings is 1. The largest absolute Gasteiger partial charge is 0.465 e. The molecule has 7 heteroatoms. The summed E-state index contributed by atoms with van der Waals surface area (Å²) in [6.07, 6.45) is -2.68. The number of hydrogen-bond acceptors (Lipinski definition) is 5. The Morgan fingerprint density at radius 2 is 2.05 bits per heavy atom. The molecule has 3 N–H and O–H groups in total. The van der Waals surface area contributed by atoms with Crippen LogP contribution >= 0.6 is 0 Å². The Bertz CT molecular complexity index is 506. The van der Waals surface area contributed by atoms with Crippen molar-refractivity contribution in [2.45, 2.75) is 19.1 Å². The van der Waals surface area contributed by atoms with E-state index in [2.05, 4.69) is 10.1 Å². The topological polar surface area (TPSA) is 95.9 Å². The molecule has 0 aliphatic heterocycles. The maximum absolute atomic E-state index is 13.7. The van der Waals surface area contributed by atoms with Crippen LogP contribution in [0, 0.1) is 5.82 Å². The van der Waals surface area contributed by atoms with Crippen molar-refractivity contribution in [2.24, 2.45) is 0 Å². The quantitative estimate of drug-likeness (QED) is 0.669. The fraction of sp³-hybridized carbons (Fsp3) is 0.385. The second-order valence-electron chi connectivity index (χ2n) is 4.18. The molecule has 0 radical (unpaired) electrons. The lowest BCUT2D eigenvalue weighted by atomic mass is 10.0. The lowest BCUT2D eigenvalue weighted by molar-refractivity contribution is -0.119. The Morgan fingerprint density at radius 1 is 1.40 bits per heavy atom. The predicted molar refractivity (Wildman–Crippen MR) is 67.4 cm³/mol. The first kappa shape index (κ1) is 16.1. The van der Waals surface area contributed by atoms with E-state index in [1.807, 2.05) is 0 Å². The summed E-state index contributed by atoms with van der Waals surface area (Å²) in [5, 5.41) is 21.8. The van der Waals surface area contributed by atoms with E-state index in [0.717, 1.165) is 19.2 Å². The summed E-state index contributed by atoms with van der Waals surface area (Å²) >= 11 is 0. The molecular formula is C13H16FNO5. The van der Waals surface area contributed by atoms with Crippen LogP contribution in [0.3, 0.4) is 0 Å². The number of esters is 1. The van der Waals surface area contributed by atoms with Gasteiger partial charge in [-0.1, -0.05) is 6.07 Å². The Labute approximate surface area is 115 Å². The molecular weight excluding hydrogens is 269 g/mol. The molecule has 1 aromatic carbocycles. The second kappa shape index (κ2) is 6.97. The zero-order valence-electron chi connectivity index (χ0n) is 11.1. The molecule has 110 valence electrons. The maximum Gasteiger partial charge on any atom is 0.340 e. The fourth-order valence-electron chi connectivity index (χ4n) is 1.57. The highest BCUT2D eigenvalue weighted by atomic mass is 19.1. The first-order valence-electron chi connectivity index (χ1n) is 5.85. The molecule has 0 aliphatic carbocycles. The van der Waals surface area contributed by atoms with Crippen molar-refractivity contribution in [3.8, 4) is 0 Å². The van der Waals surface area contributed by atoms with E-state index in [4.69, 9.17) is 0 Å². The molecule has 0 bridgehead atoms. The number of carbonyl (C=O) groups excluding carboxylic acids is 2. The van der Waals surface area contributed by atoms with Crippen LogP contribution in [0.4, 0.5) is 4.39 Å². The average Bonchev–Trinajstić information content (AvgIpc) is 2.42. The Balaban J connectivity index is 2.84. The van der Waals surface area contributed by atoms with Crippen molar-refractivity contribution in [3.63, 3.8) is 0 Å². The van der Waals surface area contributed by atoms with Gasteiger partial charge in [0.25, 0.3) is 0 Å². The van der Waals surface area contributed by atoms with Gasteiger partial charge in [-0.2, -0.15) is 0 Å². The van der Waals surface area contributed by atoms with Gasteiger partial charge in [-0.3, -0.25) is 4.79 Å². The number of methoxy groups -OCH3 is 1. The third-order valence-electron chi connectivity index (χ3n) is 2.66. The molecule has 1 amide bonds. The number of halogens is 1. The molecule has 2 atom stereocenters. The van der Waals surface area contributed by atoms with Crippen molar-refractivity contribution in [3.05, 3.63) is 35.1 Å². The molecule has 0 heterocycles. The maximum atomic E-state index is 13.7. The molecule has 0 saturated carbocycles. The monoisotopic (exact) mass is 285 g/mol. The minimum atomic E-state index is -1.39. The second-order valence-corrected chi connectivity index (χ2v) is 4.18. The summed E-state index contributed by atoms with van der Waals surface area (Å²) in [5.74, 6) is -2.05. The minimum absolute atomic E-state index is 0.0907. The first-order chi connectivity index (χ1) is 9.36. The van der Waals surface area contributed by atoms with Gasteiger partial charge in [0.2, 0.25) is 5.91 Å².